The summed E-state index contributed by atoms with van der Waals surface area (Å²) in [5.41, 5.74) is 7.55. The van der Waals surface area contributed by atoms with Crippen LogP contribution in [0.15, 0.2) is 22.7 Å². The second kappa shape index (κ2) is 5.61. The summed E-state index contributed by atoms with van der Waals surface area (Å²) in [7, 11) is 0. The van der Waals surface area contributed by atoms with Gasteiger partial charge in [-0.2, -0.15) is 0 Å². The largest absolute Gasteiger partial charge is 0.370 e. The van der Waals surface area contributed by atoms with Crippen LogP contribution in [0.2, 0.25) is 0 Å². The lowest BCUT2D eigenvalue weighted by molar-refractivity contribution is -0.125. The maximum atomic E-state index is 11.6. The Kier molecular flexibility index (Phi) is 3.97. The molecular formula is C16H22BrN3O. The van der Waals surface area contributed by atoms with Crippen molar-refractivity contribution in [3.05, 3.63) is 28.2 Å². The number of rotatable bonds is 5. The topological polar surface area (TPSA) is 58.4 Å². The third-order valence-corrected chi connectivity index (χ3v) is 5.37. The van der Waals surface area contributed by atoms with Crippen LogP contribution in [0.5, 0.6) is 0 Å². The van der Waals surface area contributed by atoms with E-state index < -0.39 is 5.41 Å². The fraction of sp³-hybridized carbons (Fsp3) is 0.562. The molecule has 1 atom stereocenters. The Morgan fingerprint density at radius 1 is 1.52 bits per heavy atom. The summed E-state index contributed by atoms with van der Waals surface area (Å²) in [5.74, 6) is -0.200. The molecule has 114 valence electrons. The lowest BCUT2D eigenvalue weighted by Gasteiger charge is -2.23. The van der Waals surface area contributed by atoms with Crippen LogP contribution in [0.3, 0.4) is 0 Å². The average Bonchev–Trinajstić information content (AvgIpc) is 3.18. The van der Waals surface area contributed by atoms with Gasteiger partial charge in [-0.25, -0.2) is 0 Å². The molecule has 3 N–H and O–H groups in total. The number of carbonyl (C=O) groups excluding carboxylic acids is 1. The van der Waals surface area contributed by atoms with Crippen molar-refractivity contribution in [3.63, 3.8) is 0 Å². The molecule has 1 aromatic carbocycles. The predicted molar refractivity (Wildman–Crippen MR) is 88.1 cm³/mol. The number of carbonyl (C=O) groups is 1. The van der Waals surface area contributed by atoms with Gasteiger partial charge in [-0.05, 0) is 43.9 Å². The summed E-state index contributed by atoms with van der Waals surface area (Å²) in [6.07, 6.45) is 3.43. The molecule has 0 spiro atoms. The summed E-state index contributed by atoms with van der Waals surface area (Å²) < 4.78 is 1.13. The minimum atomic E-state index is -0.404. The number of nitrogens with one attached hydrogen (secondary N) is 1. The lowest BCUT2D eigenvalue weighted by Crippen LogP contribution is -2.37. The van der Waals surface area contributed by atoms with E-state index in [0.717, 1.165) is 29.7 Å². The fourth-order valence-electron chi connectivity index (χ4n) is 2.80. The number of nitrogens with zero attached hydrogens (tertiary/aromatic N) is 1. The molecule has 4 nitrogen and oxygen atoms in total. The molecule has 1 saturated carbocycles. The maximum absolute atomic E-state index is 11.6. The van der Waals surface area contributed by atoms with Gasteiger partial charge in [0.25, 0.3) is 0 Å². The van der Waals surface area contributed by atoms with Crippen molar-refractivity contribution in [3.8, 4) is 0 Å². The van der Waals surface area contributed by atoms with Gasteiger partial charge in [0, 0.05) is 35.8 Å². The normalized spacial score (nSPS) is 25.3. The zero-order valence-corrected chi connectivity index (χ0v) is 13.9. The van der Waals surface area contributed by atoms with E-state index in [0.29, 0.717) is 12.6 Å². The van der Waals surface area contributed by atoms with Gasteiger partial charge in [-0.1, -0.05) is 22.0 Å². The number of hydrogen-bond acceptors (Lipinski definition) is 3. The zero-order chi connectivity index (χ0) is 15.0. The number of benzene rings is 1. The van der Waals surface area contributed by atoms with E-state index in [-0.39, 0.29) is 5.91 Å². The van der Waals surface area contributed by atoms with Gasteiger partial charge in [0.1, 0.15) is 0 Å². The molecular weight excluding hydrogens is 330 g/mol. The Morgan fingerprint density at radius 3 is 2.86 bits per heavy atom. The summed E-state index contributed by atoms with van der Waals surface area (Å²) in [6, 6.07) is 7.17. The third-order valence-electron chi connectivity index (χ3n) is 4.63. The highest BCUT2D eigenvalue weighted by atomic mass is 79.9. The number of primary amides is 1. The molecule has 3 rings (SSSR count). The SMILES string of the molecule is CC1(C(N)=O)CCN(c2ccc(CNC3CC3)c(Br)c2)C1. The molecule has 0 bridgehead atoms. The second-order valence-corrected chi connectivity index (χ2v) is 7.38. The molecule has 0 radical (unpaired) electrons. The first-order valence-electron chi connectivity index (χ1n) is 7.55. The molecule has 1 aromatic rings. The molecule has 2 aliphatic rings. The van der Waals surface area contributed by atoms with Gasteiger partial charge in [0.15, 0.2) is 0 Å². The van der Waals surface area contributed by atoms with Crippen molar-refractivity contribution in [2.45, 2.75) is 38.8 Å². The minimum absolute atomic E-state index is 0.200. The van der Waals surface area contributed by atoms with Crippen LogP contribution in [0.1, 0.15) is 31.7 Å². The monoisotopic (exact) mass is 351 g/mol. The molecule has 1 amide bonds. The standard InChI is InChI=1S/C16H22BrN3O/c1-16(15(18)21)6-7-20(10-16)13-5-2-11(14(17)8-13)9-19-12-3-4-12/h2,5,8,12,19H,3-4,6-7,9-10H2,1H3,(H2,18,21). The Labute approximate surface area is 134 Å². The van der Waals surface area contributed by atoms with Crippen molar-refractivity contribution >= 4 is 27.5 Å². The molecule has 1 aliphatic heterocycles. The van der Waals surface area contributed by atoms with Crippen LogP contribution < -0.4 is 16.0 Å². The first-order valence-corrected chi connectivity index (χ1v) is 8.34. The number of halogens is 1. The highest BCUT2D eigenvalue weighted by molar-refractivity contribution is 9.10. The van der Waals surface area contributed by atoms with Crippen LogP contribution >= 0.6 is 15.9 Å². The second-order valence-electron chi connectivity index (χ2n) is 6.53. The van der Waals surface area contributed by atoms with E-state index in [9.17, 15) is 4.79 Å². The fourth-order valence-corrected chi connectivity index (χ4v) is 3.31. The number of anilines is 1. The lowest BCUT2D eigenvalue weighted by atomic mass is 9.89. The highest BCUT2D eigenvalue weighted by Crippen LogP contribution is 2.34. The van der Waals surface area contributed by atoms with Gasteiger partial charge in [-0.15, -0.1) is 0 Å². The van der Waals surface area contributed by atoms with Crippen LogP contribution in [0.25, 0.3) is 0 Å². The molecule has 2 fully saturated rings. The van der Waals surface area contributed by atoms with Crippen molar-refractivity contribution in [1.29, 1.82) is 0 Å². The molecule has 1 aliphatic carbocycles. The molecule has 5 heteroatoms. The van der Waals surface area contributed by atoms with Crippen molar-refractivity contribution < 1.29 is 4.79 Å². The minimum Gasteiger partial charge on any atom is -0.370 e. The molecule has 21 heavy (non-hydrogen) atoms. The number of nitrogens with two attached hydrogens (primary N) is 1. The van der Waals surface area contributed by atoms with Crippen molar-refractivity contribution in [1.82, 2.24) is 5.32 Å². The predicted octanol–water partition coefficient (Wildman–Crippen LogP) is 2.40. The molecule has 1 unspecified atom stereocenters. The van der Waals surface area contributed by atoms with E-state index in [1.54, 1.807) is 0 Å². The van der Waals surface area contributed by atoms with Crippen molar-refractivity contribution in [2.75, 3.05) is 18.0 Å². The average molecular weight is 352 g/mol. The Hall–Kier alpha value is -1.07. The van der Waals surface area contributed by atoms with Gasteiger partial charge < -0.3 is 16.0 Å². The van der Waals surface area contributed by atoms with Crippen LogP contribution in [-0.2, 0) is 11.3 Å². The molecule has 1 saturated heterocycles. The number of hydrogen-bond donors (Lipinski definition) is 2. The first kappa shape index (κ1) is 14.9. The maximum Gasteiger partial charge on any atom is 0.225 e. The first-order chi connectivity index (χ1) is 9.98. The van der Waals surface area contributed by atoms with Gasteiger partial charge in [-0.3, -0.25) is 4.79 Å². The summed E-state index contributed by atoms with van der Waals surface area (Å²) >= 11 is 3.66. The quantitative estimate of drug-likeness (QED) is 0.856. The zero-order valence-electron chi connectivity index (χ0n) is 12.4. The Morgan fingerprint density at radius 2 is 2.29 bits per heavy atom. The summed E-state index contributed by atoms with van der Waals surface area (Å²) in [6.45, 7) is 4.45. The van der Waals surface area contributed by atoms with Gasteiger partial charge in [0.2, 0.25) is 5.91 Å². The smallest absolute Gasteiger partial charge is 0.225 e. The third kappa shape index (κ3) is 3.24. The van der Waals surface area contributed by atoms with E-state index in [2.05, 4.69) is 44.3 Å². The van der Waals surface area contributed by atoms with Crippen LogP contribution in [0.4, 0.5) is 5.69 Å². The van der Waals surface area contributed by atoms with Gasteiger partial charge in [0.05, 0.1) is 5.41 Å². The summed E-state index contributed by atoms with van der Waals surface area (Å²) in [4.78, 5) is 13.8. The van der Waals surface area contributed by atoms with Crippen molar-refractivity contribution in [2.24, 2.45) is 11.1 Å². The Balaban J connectivity index is 1.68. The molecule has 0 aromatic heterocycles. The van der Waals surface area contributed by atoms with Crippen LogP contribution in [0, 0.1) is 5.41 Å². The van der Waals surface area contributed by atoms with Gasteiger partial charge >= 0.3 is 0 Å². The number of amides is 1. The molecule has 1 heterocycles. The van der Waals surface area contributed by atoms with Crippen LogP contribution in [-0.4, -0.2) is 25.0 Å². The van der Waals surface area contributed by atoms with E-state index >= 15 is 0 Å². The summed E-state index contributed by atoms with van der Waals surface area (Å²) in [5, 5.41) is 3.53. The van der Waals surface area contributed by atoms with E-state index in [1.165, 1.54) is 18.4 Å². The Bertz CT molecular complexity index is 558. The van der Waals surface area contributed by atoms with E-state index in [1.807, 2.05) is 6.92 Å². The highest BCUT2D eigenvalue weighted by Gasteiger charge is 2.38. The van der Waals surface area contributed by atoms with E-state index in [4.69, 9.17) is 5.73 Å².